The number of nitrogens with one attached hydrogen (secondary N) is 1. The molecule has 3 N–H and O–H groups in total. The fraction of sp³-hybridized carbons (Fsp3) is 1.00. The third-order valence-electron chi connectivity index (χ3n) is 2.05. The number of aliphatic hydroxyl groups excluding tert-OH is 2. The average molecular weight is 191 g/mol. The fourth-order valence-electron chi connectivity index (χ4n) is 1.26. The SMILES string of the molecule is OC[C@@H](O)CNCC1CCSC1. The van der Waals surface area contributed by atoms with Gasteiger partial charge in [0.2, 0.25) is 0 Å². The maximum atomic E-state index is 9.01. The summed E-state index contributed by atoms with van der Waals surface area (Å²) in [6.07, 6.45) is 0.687. The fourth-order valence-corrected chi connectivity index (χ4v) is 2.55. The van der Waals surface area contributed by atoms with Gasteiger partial charge in [0.15, 0.2) is 0 Å². The summed E-state index contributed by atoms with van der Waals surface area (Å²) in [6, 6.07) is 0. The first-order valence-corrected chi connectivity index (χ1v) is 5.55. The molecule has 2 atom stereocenters. The van der Waals surface area contributed by atoms with Gasteiger partial charge in [-0.15, -0.1) is 0 Å². The lowest BCUT2D eigenvalue weighted by Crippen LogP contribution is -2.32. The molecule has 1 heterocycles. The van der Waals surface area contributed by atoms with Crippen LogP contribution in [0.1, 0.15) is 6.42 Å². The van der Waals surface area contributed by atoms with Crippen LogP contribution in [0.15, 0.2) is 0 Å². The summed E-state index contributed by atoms with van der Waals surface area (Å²) >= 11 is 1.99. The van der Waals surface area contributed by atoms with Gasteiger partial charge in [0.1, 0.15) is 0 Å². The molecule has 1 aliphatic heterocycles. The molecule has 0 bridgehead atoms. The van der Waals surface area contributed by atoms with Crippen LogP contribution in [-0.4, -0.2) is 47.5 Å². The van der Waals surface area contributed by atoms with Crippen LogP contribution in [0.5, 0.6) is 0 Å². The molecule has 1 fully saturated rings. The van der Waals surface area contributed by atoms with E-state index in [4.69, 9.17) is 10.2 Å². The van der Waals surface area contributed by atoms with Crippen LogP contribution in [0.4, 0.5) is 0 Å². The number of thioether (sulfide) groups is 1. The van der Waals surface area contributed by atoms with Gasteiger partial charge in [-0.2, -0.15) is 11.8 Å². The first-order chi connectivity index (χ1) is 5.83. The quantitative estimate of drug-likeness (QED) is 0.557. The van der Waals surface area contributed by atoms with Gasteiger partial charge in [-0.1, -0.05) is 0 Å². The van der Waals surface area contributed by atoms with Crippen molar-refractivity contribution >= 4 is 11.8 Å². The van der Waals surface area contributed by atoms with Crippen molar-refractivity contribution in [2.45, 2.75) is 12.5 Å². The van der Waals surface area contributed by atoms with Crippen LogP contribution >= 0.6 is 11.8 Å². The Morgan fingerprint density at radius 2 is 2.42 bits per heavy atom. The number of rotatable bonds is 5. The molecule has 0 aromatic heterocycles. The van der Waals surface area contributed by atoms with Gasteiger partial charge >= 0.3 is 0 Å². The first-order valence-electron chi connectivity index (χ1n) is 4.40. The maximum Gasteiger partial charge on any atom is 0.0894 e. The van der Waals surface area contributed by atoms with E-state index < -0.39 is 6.10 Å². The van der Waals surface area contributed by atoms with Crippen molar-refractivity contribution in [3.63, 3.8) is 0 Å². The monoisotopic (exact) mass is 191 g/mol. The van der Waals surface area contributed by atoms with Crippen LogP contribution in [-0.2, 0) is 0 Å². The summed E-state index contributed by atoms with van der Waals surface area (Å²) < 4.78 is 0. The first kappa shape index (κ1) is 10.3. The van der Waals surface area contributed by atoms with Gasteiger partial charge in [-0.05, 0) is 30.4 Å². The number of aliphatic hydroxyl groups is 2. The highest BCUT2D eigenvalue weighted by atomic mass is 32.2. The van der Waals surface area contributed by atoms with Crippen molar-refractivity contribution in [1.82, 2.24) is 5.32 Å². The van der Waals surface area contributed by atoms with E-state index in [1.807, 2.05) is 11.8 Å². The van der Waals surface area contributed by atoms with Crippen molar-refractivity contribution < 1.29 is 10.2 Å². The Labute approximate surface area is 77.5 Å². The summed E-state index contributed by atoms with van der Waals surface area (Å²) in [4.78, 5) is 0. The van der Waals surface area contributed by atoms with E-state index in [1.54, 1.807) is 0 Å². The highest BCUT2D eigenvalue weighted by Crippen LogP contribution is 2.22. The van der Waals surface area contributed by atoms with Gasteiger partial charge in [0.25, 0.3) is 0 Å². The third kappa shape index (κ3) is 3.76. The molecule has 0 saturated carbocycles. The molecule has 0 aromatic carbocycles. The largest absolute Gasteiger partial charge is 0.394 e. The second-order valence-electron chi connectivity index (χ2n) is 3.22. The van der Waals surface area contributed by atoms with Crippen molar-refractivity contribution in [3.8, 4) is 0 Å². The zero-order valence-electron chi connectivity index (χ0n) is 7.20. The molecule has 0 radical (unpaired) electrons. The van der Waals surface area contributed by atoms with E-state index in [0.29, 0.717) is 6.54 Å². The van der Waals surface area contributed by atoms with Crippen molar-refractivity contribution in [2.75, 3.05) is 31.2 Å². The topological polar surface area (TPSA) is 52.5 Å². The van der Waals surface area contributed by atoms with E-state index in [1.165, 1.54) is 17.9 Å². The molecule has 0 aliphatic carbocycles. The zero-order valence-corrected chi connectivity index (χ0v) is 8.02. The molecular formula is C8H17NO2S. The Kier molecular flexibility index (Phi) is 4.99. The van der Waals surface area contributed by atoms with Gasteiger partial charge in [-0.3, -0.25) is 0 Å². The molecule has 1 aliphatic rings. The van der Waals surface area contributed by atoms with Gasteiger partial charge in [0.05, 0.1) is 12.7 Å². The van der Waals surface area contributed by atoms with E-state index in [0.717, 1.165) is 12.5 Å². The molecule has 1 rings (SSSR count). The van der Waals surface area contributed by atoms with Crippen molar-refractivity contribution in [1.29, 1.82) is 0 Å². The van der Waals surface area contributed by atoms with Crippen LogP contribution in [0.2, 0.25) is 0 Å². The van der Waals surface area contributed by atoms with E-state index in [9.17, 15) is 0 Å². The van der Waals surface area contributed by atoms with Crippen LogP contribution in [0, 0.1) is 5.92 Å². The Hall–Kier alpha value is 0.230. The minimum Gasteiger partial charge on any atom is -0.394 e. The Balaban J connectivity index is 1.94. The summed E-state index contributed by atoms with van der Waals surface area (Å²) in [6.45, 7) is 1.34. The summed E-state index contributed by atoms with van der Waals surface area (Å²) in [7, 11) is 0. The highest BCUT2D eigenvalue weighted by Gasteiger charge is 2.14. The Bertz CT molecular complexity index is 118. The lowest BCUT2D eigenvalue weighted by atomic mass is 10.1. The average Bonchev–Trinajstić information content (AvgIpc) is 2.57. The maximum absolute atomic E-state index is 9.01. The second kappa shape index (κ2) is 5.80. The predicted octanol–water partition coefficient (Wildman–Crippen LogP) is -0.318. The predicted molar refractivity (Wildman–Crippen MR) is 51.4 cm³/mol. The van der Waals surface area contributed by atoms with Crippen LogP contribution in [0.25, 0.3) is 0 Å². The highest BCUT2D eigenvalue weighted by molar-refractivity contribution is 7.99. The molecule has 0 aromatic rings. The second-order valence-corrected chi connectivity index (χ2v) is 4.37. The Morgan fingerprint density at radius 3 is 3.00 bits per heavy atom. The molecule has 3 nitrogen and oxygen atoms in total. The molecule has 72 valence electrons. The normalized spacial score (nSPS) is 26.0. The molecule has 0 spiro atoms. The molecule has 1 unspecified atom stereocenters. The van der Waals surface area contributed by atoms with Gasteiger partial charge in [-0.25, -0.2) is 0 Å². The van der Waals surface area contributed by atoms with E-state index in [2.05, 4.69) is 5.32 Å². The smallest absolute Gasteiger partial charge is 0.0894 e. The summed E-state index contributed by atoms with van der Waals surface area (Å²) in [5.74, 6) is 3.28. The van der Waals surface area contributed by atoms with Crippen molar-refractivity contribution in [3.05, 3.63) is 0 Å². The molecule has 1 saturated heterocycles. The third-order valence-corrected chi connectivity index (χ3v) is 3.28. The molecule has 4 heteroatoms. The minimum atomic E-state index is -0.598. The van der Waals surface area contributed by atoms with Gasteiger partial charge in [0, 0.05) is 6.54 Å². The summed E-state index contributed by atoms with van der Waals surface area (Å²) in [5, 5.41) is 20.7. The molecule has 0 amide bonds. The minimum absolute atomic E-state index is 0.146. The standard InChI is InChI=1S/C8H17NO2S/c10-5-8(11)4-9-3-7-1-2-12-6-7/h7-11H,1-6H2/t7?,8-/m0/s1. The molecule has 12 heavy (non-hydrogen) atoms. The molecular weight excluding hydrogens is 174 g/mol. The van der Waals surface area contributed by atoms with Crippen LogP contribution < -0.4 is 5.32 Å². The van der Waals surface area contributed by atoms with Gasteiger partial charge < -0.3 is 15.5 Å². The summed E-state index contributed by atoms with van der Waals surface area (Å²) in [5.41, 5.74) is 0. The number of hydrogen-bond donors (Lipinski definition) is 3. The van der Waals surface area contributed by atoms with Crippen LogP contribution in [0.3, 0.4) is 0 Å². The lowest BCUT2D eigenvalue weighted by Gasteiger charge is -2.12. The zero-order chi connectivity index (χ0) is 8.81. The number of hydrogen-bond acceptors (Lipinski definition) is 4. The van der Waals surface area contributed by atoms with Crippen molar-refractivity contribution in [2.24, 2.45) is 5.92 Å². The Morgan fingerprint density at radius 1 is 1.58 bits per heavy atom. The van der Waals surface area contributed by atoms with E-state index >= 15 is 0 Å². The van der Waals surface area contributed by atoms with E-state index in [-0.39, 0.29) is 6.61 Å². The lowest BCUT2D eigenvalue weighted by molar-refractivity contribution is 0.0938.